The number of thiophene rings is 1. The first kappa shape index (κ1) is 18.4. The van der Waals surface area contributed by atoms with Crippen LogP contribution in [0, 0.1) is 0 Å². The number of fused-ring (bicyclic) bond motifs is 1. The third kappa shape index (κ3) is 3.20. The summed E-state index contributed by atoms with van der Waals surface area (Å²) in [5, 5.41) is 13.4. The number of carbonyl (C=O) groups excluding carboxylic acids is 1. The smallest absolute Gasteiger partial charge is 0.208 e. The van der Waals surface area contributed by atoms with Crippen molar-refractivity contribution in [1.29, 1.82) is 0 Å². The van der Waals surface area contributed by atoms with Crippen LogP contribution >= 0.6 is 45.9 Å². The SMILES string of the molecule is O=C1CC2(CCN(c3nnc(-c4cccs4)s3)CC2)Oc2c(Cl)cc(Cl)cc21. The molecule has 0 aliphatic carbocycles. The Morgan fingerprint density at radius 2 is 2.00 bits per heavy atom. The molecule has 28 heavy (non-hydrogen) atoms. The average molecular weight is 452 g/mol. The van der Waals surface area contributed by atoms with E-state index < -0.39 is 5.60 Å². The van der Waals surface area contributed by atoms with Crippen LogP contribution in [0.4, 0.5) is 5.13 Å². The summed E-state index contributed by atoms with van der Waals surface area (Å²) >= 11 is 15.6. The van der Waals surface area contributed by atoms with E-state index >= 15 is 0 Å². The van der Waals surface area contributed by atoms with Gasteiger partial charge in [0.1, 0.15) is 11.4 Å². The van der Waals surface area contributed by atoms with Crippen molar-refractivity contribution in [3.8, 4) is 15.6 Å². The van der Waals surface area contributed by atoms with Gasteiger partial charge >= 0.3 is 0 Å². The van der Waals surface area contributed by atoms with E-state index in [-0.39, 0.29) is 5.78 Å². The number of benzene rings is 1. The van der Waals surface area contributed by atoms with Gasteiger partial charge < -0.3 is 9.64 Å². The van der Waals surface area contributed by atoms with Gasteiger partial charge in [-0.3, -0.25) is 4.79 Å². The summed E-state index contributed by atoms with van der Waals surface area (Å²) in [6.45, 7) is 1.51. The molecule has 2 aliphatic rings. The highest BCUT2D eigenvalue weighted by molar-refractivity contribution is 7.22. The molecule has 2 aliphatic heterocycles. The lowest BCUT2D eigenvalue weighted by Crippen LogP contribution is -2.51. The highest BCUT2D eigenvalue weighted by Crippen LogP contribution is 2.44. The molecule has 0 unspecified atom stereocenters. The average Bonchev–Trinajstić information content (AvgIpc) is 3.35. The van der Waals surface area contributed by atoms with Gasteiger partial charge in [-0.15, -0.1) is 21.5 Å². The molecule has 5 rings (SSSR count). The molecule has 0 N–H and O–H groups in total. The third-order valence-corrected chi connectivity index (χ3v) is 7.72. The van der Waals surface area contributed by atoms with Crippen LogP contribution in [-0.4, -0.2) is 34.7 Å². The van der Waals surface area contributed by atoms with Crippen LogP contribution < -0.4 is 9.64 Å². The molecule has 2 aromatic heterocycles. The van der Waals surface area contributed by atoms with E-state index in [1.165, 1.54) is 0 Å². The highest BCUT2D eigenvalue weighted by atomic mass is 35.5. The van der Waals surface area contributed by atoms with Crippen LogP contribution in [0.25, 0.3) is 9.88 Å². The summed E-state index contributed by atoms with van der Waals surface area (Å²) in [5.74, 6) is 0.502. The number of ether oxygens (including phenoxy) is 1. The third-order valence-electron chi connectivity index (χ3n) is 5.20. The second-order valence-electron chi connectivity index (χ2n) is 7.00. The summed E-state index contributed by atoms with van der Waals surface area (Å²) in [6.07, 6.45) is 1.80. The number of anilines is 1. The fourth-order valence-corrected chi connectivity index (χ4v) is 5.96. The zero-order valence-electron chi connectivity index (χ0n) is 14.7. The number of Topliss-reactive ketones (excluding diaryl/α,β-unsaturated/α-hetero) is 1. The maximum absolute atomic E-state index is 12.7. The van der Waals surface area contributed by atoms with E-state index in [1.807, 2.05) is 11.4 Å². The van der Waals surface area contributed by atoms with Crippen molar-refractivity contribution in [3.05, 3.63) is 45.3 Å². The molecule has 1 fully saturated rings. The van der Waals surface area contributed by atoms with E-state index in [0.29, 0.717) is 27.8 Å². The van der Waals surface area contributed by atoms with Gasteiger partial charge in [0.15, 0.2) is 10.8 Å². The largest absolute Gasteiger partial charge is 0.484 e. The minimum Gasteiger partial charge on any atom is -0.484 e. The Bertz CT molecular complexity index is 1040. The molecule has 0 saturated carbocycles. The molecular weight excluding hydrogens is 437 g/mol. The fraction of sp³-hybridized carbons (Fsp3) is 0.316. The molecule has 0 radical (unpaired) electrons. The minimum atomic E-state index is -0.515. The summed E-state index contributed by atoms with van der Waals surface area (Å²) < 4.78 is 6.30. The molecule has 0 amide bonds. The van der Waals surface area contributed by atoms with Crippen LogP contribution in [0.1, 0.15) is 29.6 Å². The van der Waals surface area contributed by atoms with Crippen LogP contribution in [0.15, 0.2) is 29.6 Å². The monoisotopic (exact) mass is 451 g/mol. The number of nitrogens with zero attached hydrogens (tertiary/aromatic N) is 3. The highest BCUT2D eigenvalue weighted by Gasteiger charge is 2.44. The first-order valence-electron chi connectivity index (χ1n) is 8.87. The summed E-state index contributed by atoms with van der Waals surface area (Å²) in [5.41, 5.74) is -0.0328. The van der Waals surface area contributed by atoms with Gasteiger partial charge in [0, 0.05) is 31.0 Å². The zero-order valence-corrected chi connectivity index (χ0v) is 17.8. The number of hydrogen-bond acceptors (Lipinski definition) is 7. The topological polar surface area (TPSA) is 55.3 Å². The van der Waals surface area contributed by atoms with E-state index in [9.17, 15) is 4.79 Å². The van der Waals surface area contributed by atoms with E-state index in [2.05, 4.69) is 21.2 Å². The standard InChI is InChI=1S/C19H15Cl2N3O2S2/c20-11-8-12-14(25)10-19(26-16(12)13(21)9-11)3-5-24(6-4-19)18-23-22-17(28-18)15-2-1-7-27-15/h1-2,7-9H,3-6,10H2. The van der Waals surface area contributed by atoms with Gasteiger partial charge in [0.25, 0.3) is 0 Å². The normalized spacial score (nSPS) is 18.2. The molecule has 0 atom stereocenters. The number of ketones is 1. The molecule has 1 aromatic carbocycles. The second-order valence-corrected chi connectivity index (χ2v) is 9.75. The summed E-state index contributed by atoms with van der Waals surface area (Å²) in [7, 11) is 0. The van der Waals surface area contributed by atoms with Crippen LogP contribution in [0.2, 0.25) is 10.0 Å². The molecular formula is C19H15Cl2N3O2S2. The lowest BCUT2D eigenvalue weighted by atomic mass is 9.82. The number of halogens is 2. The van der Waals surface area contributed by atoms with Crippen LogP contribution in [-0.2, 0) is 0 Å². The maximum Gasteiger partial charge on any atom is 0.208 e. The molecule has 4 heterocycles. The van der Waals surface area contributed by atoms with Gasteiger partial charge in [-0.2, -0.15) is 0 Å². The lowest BCUT2D eigenvalue weighted by molar-refractivity contribution is 0.0232. The number of carbonyl (C=O) groups is 1. The van der Waals surface area contributed by atoms with Crippen LogP contribution in [0.3, 0.4) is 0 Å². The van der Waals surface area contributed by atoms with E-state index in [1.54, 1.807) is 34.8 Å². The van der Waals surface area contributed by atoms with Crippen molar-refractivity contribution >= 4 is 56.8 Å². The number of hydrogen-bond donors (Lipinski definition) is 0. The molecule has 1 spiro atoms. The van der Waals surface area contributed by atoms with Crippen molar-refractivity contribution in [2.75, 3.05) is 18.0 Å². The summed E-state index contributed by atoms with van der Waals surface area (Å²) in [6, 6.07) is 7.32. The van der Waals surface area contributed by atoms with Crippen molar-refractivity contribution in [2.24, 2.45) is 0 Å². The second kappa shape index (κ2) is 6.99. The molecule has 3 aromatic rings. The van der Waals surface area contributed by atoms with Gasteiger partial charge in [-0.05, 0) is 23.6 Å². The molecule has 9 heteroatoms. The van der Waals surface area contributed by atoms with Crippen molar-refractivity contribution in [2.45, 2.75) is 24.9 Å². The fourth-order valence-electron chi connectivity index (χ4n) is 3.74. The van der Waals surface area contributed by atoms with Crippen LogP contribution in [0.5, 0.6) is 5.75 Å². The number of piperidine rings is 1. The Kier molecular flexibility index (Phi) is 4.58. The first-order chi connectivity index (χ1) is 13.5. The predicted octanol–water partition coefficient (Wildman–Crippen LogP) is 5.58. The van der Waals surface area contributed by atoms with E-state index in [0.717, 1.165) is 40.9 Å². The van der Waals surface area contributed by atoms with Gasteiger partial charge in [-0.25, -0.2) is 0 Å². The molecule has 5 nitrogen and oxygen atoms in total. The molecule has 1 saturated heterocycles. The van der Waals surface area contributed by atoms with Gasteiger partial charge in [0.2, 0.25) is 5.13 Å². The van der Waals surface area contributed by atoms with E-state index in [4.69, 9.17) is 27.9 Å². The first-order valence-corrected chi connectivity index (χ1v) is 11.3. The Balaban J connectivity index is 1.34. The quantitative estimate of drug-likeness (QED) is 0.508. The predicted molar refractivity (Wildman–Crippen MR) is 113 cm³/mol. The molecule has 144 valence electrons. The Morgan fingerprint density at radius 3 is 2.75 bits per heavy atom. The molecule has 0 bridgehead atoms. The van der Waals surface area contributed by atoms with Crippen molar-refractivity contribution in [3.63, 3.8) is 0 Å². The minimum absolute atomic E-state index is 0.0370. The number of aromatic nitrogens is 2. The zero-order chi connectivity index (χ0) is 19.3. The number of rotatable bonds is 2. The van der Waals surface area contributed by atoms with Gasteiger partial charge in [0.05, 0.1) is 21.9 Å². The van der Waals surface area contributed by atoms with Gasteiger partial charge in [-0.1, -0.05) is 40.6 Å². The Morgan fingerprint density at radius 1 is 1.18 bits per heavy atom. The Hall–Kier alpha value is -1.67. The Labute approximate surface area is 179 Å². The van der Waals surface area contributed by atoms with Crippen molar-refractivity contribution in [1.82, 2.24) is 10.2 Å². The summed E-state index contributed by atoms with van der Waals surface area (Å²) in [4.78, 5) is 16.1. The lowest BCUT2D eigenvalue weighted by Gasteiger charge is -2.44. The van der Waals surface area contributed by atoms with Crippen molar-refractivity contribution < 1.29 is 9.53 Å². The maximum atomic E-state index is 12.7.